The number of halogens is 3. The lowest BCUT2D eigenvalue weighted by Gasteiger charge is -2.08. The van der Waals surface area contributed by atoms with Crippen molar-refractivity contribution in [1.82, 2.24) is 24.3 Å². The van der Waals surface area contributed by atoms with Gasteiger partial charge in [0.15, 0.2) is 11.0 Å². The highest BCUT2D eigenvalue weighted by molar-refractivity contribution is 7.98. The molecule has 0 aliphatic rings. The van der Waals surface area contributed by atoms with Crippen LogP contribution < -0.4 is 0 Å². The number of hydrogen-bond donors (Lipinski definition) is 0. The van der Waals surface area contributed by atoms with Gasteiger partial charge >= 0.3 is 6.55 Å². The Balaban J connectivity index is 1.63. The van der Waals surface area contributed by atoms with E-state index in [0.717, 1.165) is 4.57 Å². The number of fused-ring (bicyclic) bond motifs is 1. The van der Waals surface area contributed by atoms with E-state index in [2.05, 4.69) is 15.2 Å². The number of thioether (sulfide) groups is 1. The maximum atomic E-state index is 14.0. The number of alkyl halides is 2. The van der Waals surface area contributed by atoms with Crippen LogP contribution in [0.5, 0.6) is 0 Å². The van der Waals surface area contributed by atoms with Gasteiger partial charge < -0.3 is 4.57 Å². The fraction of sp³-hybridized carbons (Fsp3) is 0.167. The number of hydrogen-bond acceptors (Lipinski definition) is 4. The Morgan fingerprint density at radius 1 is 1.04 bits per heavy atom. The number of rotatable bonds is 5. The molecule has 4 aromatic rings. The molecule has 0 unspecified atom stereocenters. The quantitative estimate of drug-likeness (QED) is 0.466. The van der Waals surface area contributed by atoms with Crippen molar-refractivity contribution in [1.29, 1.82) is 0 Å². The van der Waals surface area contributed by atoms with Crippen molar-refractivity contribution >= 4 is 22.8 Å². The van der Waals surface area contributed by atoms with Crippen LogP contribution in [-0.2, 0) is 12.8 Å². The highest BCUT2D eigenvalue weighted by Gasteiger charge is 2.19. The number of aromatic nitrogens is 5. The first-order chi connectivity index (χ1) is 13.1. The average Bonchev–Trinajstić information content (AvgIpc) is 3.20. The lowest BCUT2D eigenvalue weighted by atomic mass is 10.2. The SMILES string of the molecule is Cn1c(SCc2nc3ccccc3n2C(F)F)nnc1-c1ccccc1F. The van der Waals surface area contributed by atoms with Crippen LogP contribution >= 0.6 is 11.8 Å². The molecule has 0 fully saturated rings. The van der Waals surface area contributed by atoms with Gasteiger partial charge in [0, 0.05) is 7.05 Å². The fourth-order valence-electron chi connectivity index (χ4n) is 2.86. The summed E-state index contributed by atoms with van der Waals surface area (Å²) in [6.07, 6.45) is 0. The largest absolute Gasteiger partial charge is 0.320 e. The molecule has 4 rings (SSSR count). The maximum absolute atomic E-state index is 14.0. The second-order valence-electron chi connectivity index (χ2n) is 5.80. The van der Waals surface area contributed by atoms with Gasteiger partial charge in [-0.15, -0.1) is 10.2 Å². The average molecular weight is 389 g/mol. The van der Waals surface area contributed by atoms with E-state index in [-0.39, 0.29) is 11.6 Å². The predicted molar refractivity (Wildman–Crippen MR) is 96.9 cm³/mol. The van der Waals surface area contributed by atoms with Gasteiger partial charge in [0.2, 0.25) is 0 Å². The predicted octanol–water partition coefficient (Wildman–Crippen LogP) is 4.66. The third kappa shape index (κ3) is 3.18. The third-order valence-corrected chi connectivity index (χ3v) is 5.16. The van der Waals surface area contributed by atoms with E-state index < -0.39 is 12.4 Å². The van der Waals surface area contributed by atoms with E-state index in [9.17, 15) is 13.2 Å². The van der Waals surface area contributed by atoms with Crippen LogP contribution in [0, 0.1) is 5.82 Å². The Labute approximate surface area is 156 Å². The number of imidazole rings is 1. The van der Waals surface area contributed by atoms with Gasteiger partial charge in [-0.2, -0.15) is 8.78 Å². The van der Waals surface area contributed by atoms with Crippen LogP contribution in [0.25, 0.3) is 22.4 Å². The molecular weight excluding hydrogens is 375 g/mol. The molecule has 138 valence electrons. The van der Waals surface area contributed by atoms with Crippen LogP contribution in [0.1, 0.15) is 12.4 Å². The molecule has 0 atom stereocenters. The van der Waals surface area contributed by atoms with Crippen molar-refractivity contribution in [2.45, 2.75) is 17.5 Å². The van der Waals surface area contributed by atoms with Crippen molar-refractivity contribution in [2.75, 3.05) is 0 Å². The molecule has 0 saturated carbocycles. The monoisotopic (exact) mass is 389 g/mol. The van der Waals surface area contributed by atoms with Crippen molar-refractivity contribution in [2.24, 2.45) is 7.05 Å². The molecule has 0 amide bonds. The molecule has 0 aliphatic heterocycles. The van der Waals surface area contributed by atoms with Gasteiger partial charge in [0.25, 0.3) is 0 Å². The minimum absolute atomic E-state index is 0.183. The molecular formula is C18H14F3N5S. The summed E-state index contributed by atoms with van der Waals surface area (Å²) in [6, 6.07) is 13.0. The topological polar surface area (TPSA) is 48.5 Å². The second-order valence-corrected chi connectivity index (χ2v) is 6.74. The van der Waals surface area contributed by atoms with E-state index in [4.69, 9.17) is 0 Å². The van der Waals surface area contributed by atoms with Gasteiger partial charge in [-0.25, -0.2) is 9.37 Å². The van der Waals surface area contributed by atoms with Crippen LogP contribution in [0.2, 0.25) is 0 Å². The fourth-order valence-corrected chi connectivity index (χ4v) is 3.70. The van der Waals surface area contributed by atoms with Crippen LogP contribution in [0.4, 0.5) is 13.2 Å². The van der Waals surface area contributed by atoms with Crippen molar-refractivity contribution in [3.63, 3.8) is 0 Å². The normalized spacial score (nSPS) is 11.6. The number of nitrogens with zero attached hydrogens (tertiary/aromatic N) is 5. The van der Waals surface area contributed by atoms with E-state index in [0.29, 0.717) is 27.6 Å². The number of benzene rings is 2. The lowest BCUT2D eigenvalue weighted by Crippen LogP contribution is -2.04. The highest BCUT2D eigenvalue weighted by Crippen LogP contribution is 2.29. The van der Waals surface area contributed by atoms with Gasteiger partial charge in [0.05, 0.1) is 22.3 Å². The van der Waals surface area contributed by atoms with Gasteiger partial charge in [0.1, 0.15) is 11.6 Å². The number of para-hydroxylation sites is 2. The molecule has 2 aromatic carbocycles. The van der Waals surface area contributed by atoms with E-state index >= 15 is 0 Å². The highest BCUT2D eigenvalue weighted by atomic mass is 32.2. The third-order valence-electron chi connectivity index (χ3n) is 4.14. The Hall–Kier alpha value is -2.81. The second kappa shape index (κ2) is 7.07. The molecule has 2 aromatic heterocycles. The summed E-state index contributed by atoms with van der Waals surface area (Å²) in [5.74, 6) is 0.399. The van der Waals surface area contributed by atoms with Crippen molar-refractivity contribution < 1.29 is 13.2 Å². The van der Waals surface area contributed by atoms with Crippen LogP contribution in [0.15, 0.2) is 53.7 Å². The minimum atomic E-state index is -2.69. The molecule has 0 radical (unpaired) electrons. The first-order valence-corrected chi connectivity index (χ1v) is 9.06. The van der Waals surface area contributed by atoms with Gasteiger partial charge in [-0.1, -0.05) is 36.0 Å². The minimum Gasteiger partial charge on any atom is -0.305 e. The summed E-state index contributed by atoms with van der Waals surface area (Å²) < 4.78 is 43.6. The summed E-state index contributed by atoms with van der Waals surface area (Å²) >= 11 is 1.22. The van der Waals surface area contributed by atoms with E-state index in [1.54, 1.807) is 54.1 Å². The molecule has 5 nitrogen and oxygen atoms in total. The Kier molecular flexibility index (Phi) is 4.61. The molecule has 27 heavy (non-hydrogen) atoms. The van der Waals surface area contributed by atoms with Crippen LogP contribution in [0.3, 0.4) is 0 Å². The zero-order valence-electron chi connectivity index (χ0n) is 14.2. The molecule has 9 heteroatoms. The summed E-state index contributed by atoms with van der Waals surface area (Å²) in [4.78, 5) is 4.30. The van der Waals surface area contributed by atoms with Crippen molar-refractivity contribution in [3.05, 3.63) is 60.2 Å². The van der Waals surface area contributed by atoms with E-state index in [1.165, 1.54) is 17.8 Å². The first-order valence-electron chi connectivity index (χ1n) is 8.07. The van der Waals surface area contributed by atoms with Gasteiger partial charge in [-0.05, 0) is 24.3 Å². The summed E-state index contributed by atoms with van der Waals surface area (Å²) in [7, 11) is 1.71. The molecule has 0 N–H and O–H groups in total. The Morgan fingerprint density at radius 2 is 1.78 bits per heavy atom. The zero-order chi connectivity index (χ0) is 19.0. The standard InChI is InChI=1S/C18H14F3N5S/c1-25-16(11-6-2-3-7-12(11)19)23-24-18(25)27-10-15-22-13-8-4-5-9-14(13)26(15)17(20)21/h2-9,17H,10H2,1H3. The molecule has 2 heterocycles. The molecule has 0 aliphatic carbocycles. The van der Waals surface area contributed by atoms with Crippen molar-refractivity contribution in [3.8, 4) is 11.4 Å². The summed E-state index contributed by atoms with van der Waals surface area (Å²) in [5.41, 5.74) is 1.23. The Bertz CT molecular complexity index is 1110. The smallest absolute Gasteiger partial charge is 0.305 e. The summed E-state index contributed by atoms with van der Waals surface area (Å²) in [5, 5.41) is 8.58. The van der Waals surface area contributed by atoms with Crippen LogP contribution in [-0.4, -0.2) is 24.3 Å². The Morgan fingerprint density at radius 3 is 2.56 bits per heavy atom. The van der Waals surface area contributed by atoms with Gasteiger partial charge in [-0.3, -0.25) is 4.57 Å². The van der Waals surface area contributed by atoms with E-state index in [1.807, 2.05) is 0 Å². The molecule has 0 saturated heterocycles. The lowest BCUT2D eigenvalue weighted by molar-refractivity contribution is 0.0722. The molecule has 0 bridgehead atoms. The molecule has 0 spiro atoms. The summed E-state index contributed by atoms with van der Waals surface area (Å²) in [6.45, 7) is -2.69. The first kappa shape index (κ1) is 17.6. The maximum Gasteiger partial charge on any atom is 0.320 e. The zero-order valence-corrected chi connectivity index (χ0v) is 15.0.